The Morgan fingerprint density at radius 1 is 1.33 bits per heavy atom. The number of hydrogen-bond acceptors (Lipinski definition) is 6. The van der Waals surface area contributed by atoms with Crippen molar-refractivity contribution in [1.82, 2.24) is 24.5 Å². The molecular weight excluding hydrogens is 567 g/mol. The summed E-state index contributed by atoms with van der Waals surface area (Å²) in [6, 6.07) is 3.21. The largest absolute Gasteiger partial charge is 0.416 e. The standard InChI is InChI=1S/C22H22BrClF3N7O2/c1-2-15-18(32-8-7-28-14-5-6-16(14)32)19(36)34-21(30-20(23)31-34)33(15)10-17(35)29-13-4-3-11(9-12(13)24)22(25,26)27/h3-4,9,14,16,28H,2,5-8,10H2,1H3,(H,29,35). The summed E-state index contributed by atoms with van der Waals surface area (Å²) in [4.78, 5) is 33.0. The van der Waals surface area contributed by atoms with Gasteiger partial charge in [0, 0.05) is 25.2 Å². The van der Waals surface area contributed by atoms with Crippen molar-refractivity contribution in [3.8, 4) is 0 Å². The summed E-state index contributed by atoms with van der Waals surface area (Å²) in [6.45, 7) is 3.01. The van der Waals surface area contributed by atoms with Crippen molar-refractivity contribution < 1.29 is 18.0 Å². The first-order valence-electron chi connectivity index (χ1n) is 11.4. The number of amides is 1. The molecule has 0 spiro atoms. The second-order valence-corrected chi connectivity index (χ2v) is 9.89. The molecule has 9 nitrogen and oxygen atoms in total. The SMILES string of the molecule is CCc1c(N2CCNC3CCC32)c(=O)n2nc(Br)nc2n1CC(=O)Nc1ccc(C(F)(F)F)cc1Cl. The van der Waals surface area contributed by atoms with Crippen LogP contribution in [-0.2, 0) is 23.9 Å². The van der Waals surface area contributed by atoms with Crippen LogP contribution in [0.3, 0.4) is 0 Å². The van der Waals surface area contributed by atoms with Gasteiger partial charge in [0.05, 0.1) is 22.0 Å². The predicted octanol–water partition coefficient (Wildman–Crippen LogP) is 3.47. The van der Waals surface area contributed by atoms with Crippen LogP contribution in [-0.4, -0.2) is 50.2 Å². The molecule has 1 aromatic carbocycles. The van der Waals surface area contributed by atoms with E-state index in [1.54, 1.807) is 4.57 Å². The van der Waals surface area contributed by atoms with Crippen LogP contribution < -0.4 is 21.1 Å². The van der Waals surface area contributed by atoms with E-state index in [1.165, 1.54) is 4.52 Å². The Labute approximate surface area is 216 Å². The fraction of sp³-hybridized carbons (Fsp3) is 0.455. The van der Waals surface area contributed by atoms with Gasteiger partial charge in [-0.25, -0.2) is 0 Å². The molecule has 1 amide bonds. The van der Waals surface area contributed by atoms with Crippen LogP contribution in [0.25, 0.3) is 5.78 Å². The zero-order chi connectivity index (χ0) is 25.8. The molecule has 1 aliphatic heterocycles. The number of fused-ring (bicyclic) bond motifs is 2. The van der Waals surface area contributed by atoms with Crippen LogP contribution in [0.15, 0.2) is 27.7 Å². The van der Waals surface area contributed by atoms with E-state index in [2.05, 4.69) is 41.5 Å². The highest BCUT2D eigenvalue weighted by molar-refractivity contribution is 9.10. The lowest BCUT2D eigenvalue weighted by molar-refractivity contribution is -0.137. The molecule has 2 fully saturated rings. The highest BCUT2D eigenvalue weighted by Gasteiger charge is 2.40. The lowest BCUT2D eigenvalue weighted by Crippen LogP contribution is -2.64. The maximum atomic E-state index is 13.5. The second kappa shape index (κ2) is 9.34. The summed E-state index contributed by atoms with van der Waals surface area (Å²) in [7, 11) is 0. The number of carbonyl (C=O) groups is 1. The number of benzene rings is 1. The summed E-state index contributed by atoms with van der Waals surface area (Å²) < 4.78 is 41.9. The number of anilines is 2. The van der Waals surface area contributed by atoms with E-state index in [0.29, 0.717) is 30.4 Å². The van der Waals surface area contributed by atoms with E-state index in [9.17, 15) is 22.8 Å². The number of nitrogens with zero attached hydrogens (tertiary/aromatic N) is 5. The van der Waals surface area contributed by atoms with Crippen molar-refractivity contribution in [2.45, 2.75) is 51.0 Å². The van der Waals surface area contributed by atoms with Gasteiger partial charge in [0.2, 0.25) is 16.4 Å². The van der Waals surface area contributed by atoms with Gasteiger partial charge in [-0.3, -0.25) is 9.59 Å². The van der Waals surface area contributed by atoms with Crippen LogP contribution in [0.1, 0.15) is 31.0 Å². The molecule has 1 aliphatic carbocycles. The maximum absolute atomic E-state index is 13.5. The second-order valence-electron chi connectivity index (χ2n) is 8.77. The van der Waals surface area contributed by atoms with Crippen molar-refractivity contribution in [1.29, 1.82) is 0 Å². The first-order chi connectivity index (χ1) is 17.1. The van der Waals surface area contributed by atoms with Crippen LogP contribution in [0.5, 0.6) is 0 Å². The third-order valence-electron chi connectivity index (χ3n) is 6.69. The summed E-state index contributed by atoms with van der Waals surface area (Å²) in [5, 5.41) is 10.00. The van der Waals surface area contributed by atoms with E-state index in [0.717, 1.165) is 37.6 Å². The van der Waals surface area contributed by atoms with Gasteiger partial charge in [-0.2, -0.15) is 22.7 Å². The quantitative estimate of drug-likeness (QED) is 0.474. The number of hydrogen-bond donors (Lipinski definition) is 2. The fourth-order valence-corrected chi connectivity index (χ4v) is 5.45. The van der Waals surface area contributed by atoms with Gasteiger partial charge in [-0.05, 0) is 53.4 Å². The number of halogens is 5. The number of nitrogens with one attached hydrogen (secondary N) is 2. The highest BCUT2D eigenvalue weighted by Crippen LogP contribution is 2.35. The van der Waals surface area contributed by atoms with Crippen LogP contribution in [0, 0.1) is 0 Å². The van der Waals surface area contributed by atoms with Gasteiger partial charge >= 0.3 is 6.18 Å². The number of piperazine rings is 1. The molecule has 2 aliphatic rings. The fourth-order valence-electron chi connectivity index (χ4n) is 4.91. The molecule has 192 valence electrons. The molecule has 1 saturated heterocycles. The molecule has 3 aromatic rings. The lowest BCUT2D eigenvalue weighted by atomic mass is 9.83. The third kappa shape index (κ3) is 4.37. The molecule has 36 heavy (non-hydrogen) atoms. The number of rotatable bonds is 5. The molecule has 0 radical (unpaired) electrons. The average Bonchev–Trinajstić information content (AvgIpc) is 3.18. The molecule has 2 N–H and O–H groups in total. The molecule has 2 atom stereocenters. The topological polar surface area (TPSA) is 96.6 Å². The minimum atomic E-state index is -4.55. The van der Waals surface area contributed by atoms with E-state index >= 15 is 0 Å². The average molecular weight is 589 g/mol. The maximum Gasteiger partial charge on any atom is 0.416 e. The summed E-state index contributed by atoms with van der Waals surface area (Å²) in [5.74, 6) is -0.356. The Balaban J connectivity index is 1.53. The molecule has 3 heterocycles. The Morgan fingerprint density at radius 3 is 2.75 bits per heavy atom. The van der Waals surface area contributed by atoms with Crippen molar-refractivity contribution in [2.75, 3.05) is 23.3 Å². The Bertz CT molecular complexity index is 1410. The van der Waals surface area contributed by atoms with Gasteiger partial charge in [-0.1, -0.05) is 18.5 Å². The van der Waals surface area contributed by atoms with Gasteiger partial charge in [0.15, 0.2) is 0 Å². The molecular formula is C22H22BrClF3N7O2. The van der Waals surface area contributed by atoms with Gasteiger partial charge in [0.25, 0.3) is 5.56 Å². The zero-order valence-electron chi connectivity index (χ0n) is 19.1. The van der Waals surface area contributed by atoms with E-state index in [4.69, 9.17) is 11.6 Å². The van der Waals surface area contributed by atoms with Crippen molar-refractivity contribution >= 4 is 50.6 Å². The molecule has 5 rings (SSSR count). The van der Waals surface area contributed by atoms with Gasteiger partial charge < -0.3 is 20.1 Å². The van der Waals surface area contributed by atoms with Crippen molar-refractivity contribution in [3.63, 3.8) is 0 Å². The zero-order valence-corrected chi connectivity index (χ0v) is 21.4. The van der Waals surface area contributed by atoms with Gasteiger partial charge in [-0.15, -0.1) is 5.10 Å². The smallest absolute Gasteiger partial charge is 0.360 e. The lowest BCUT2D eigenvalue weighted by Gasteiger charge is -2.50. The third-order valence-corrected chi connectivity index (χ3v) is 7.34. The first kappa shape index (κ1) is 25.0. The molecule has 14 heteroatoms. The normalized spacial score (nSPS) is 19.8. The summed E-state index contributed by atoms with van der Waals surface area (Å²) >= 11 is 9.23. The Morgan fingerprint density at radius 2 is 2.11 bits per heavy atom. The van der Waals surface area contributed by atoms with Crippen molar-refractivity contribution in [3.05, 3.63) is 49.6 Å². The molecule has 2 aromatic heterocycles. The summed E-state index contributed by atoms with van der Waals surface area (Å²) in [6.07, 6.45) is -2.12. The van der Waals surface area contributed by atoms with E-state index in [1.807, 2.05) is 6.92 Å². The van der Waals surface area contributed by atoms with Crippen LogP contribution in [0.2, 0.25) is 5.02 Å². The first-order valence-corrected chi connectivity index (χ1v) is 12.6. The summed E-state index contributed by atoms with van der Waals surface area (Å²) in [5.41, 5.74) is -0.0566. The van der Waals surface area contributed by atoms with Crippen molar-refractivity contribution in [2.24, 2.45) is 0 Å². The van der Waals surface area contributed by atoms with Crippen LogP contribution >= 0.6 is 27.5 Å². The van der Waals surface area contributed by atoms with E-state index in [-0.39, 0.29) is 39.4 Å². The number of aromatic nitrogens is 4. The molecule has 2 unspecified atom stereocenters. The Hall–Kier alpha value is -2.64. The Kier molecular flexibility index (Phi) is 6.50. The molecule has 1 saturated carbocycles. The molecule has 0 bridgehead atoms. The minimum absolute atomic E-state index is 0.0482. The van der Waals surface area contributed by atoms with Crippen LogP contribution in [0.4, 0.5) is 24.5 Å². The van der Waals surface area contributed by atoms with Gasteiger partial charge in [0.1, 0.15) is 12.2 Å². The number of carbonyl (C=O) groups excluding carboxylic acids is 1. The minimum Gasteiger partial charge on any atom is -0.360 e. The monoisotopic (exact) mass is 587 g/mol. The number of alkyl halides is 3. The van der Waals surface area contributed by atoms with E-state index < -0.39 is 17.6 Å². The highest BCUT2D eigenvalue weighted by atomic mass is 79.9. The predicted molar refractivity (Wildman–Crippen MR) is 132 cm³/mol.